The van der Waals surface area contributed by atoms with Crippen LogP contribution in [0.2, 0.25) is 0 Å². The van der Waals surface area contributed by atoms with Gasteiger partial charge in [0, 0.05) is 13.1 Å². The van der Waals surface area contributed by atoms with Crippen molar-refractivity contribution in [3.8, 4) is 0 Å². The van der Waals surface area contributed by atoms with Gasteiger partial charge in [-0.25, -0.2) is 0 Å². The minimum absolute atomic E-state index is 0.559. The van der Waals surface area contributed by atoms with Crippen LogP contribution in [0.25, 0.3) is 0 Å². The molecule has 0 atom stereocenters. The van der Waals surface area contributed by atoms with Crippen LogP contribution in [0.5, 0.6) is 0 Å². The molecule has 0 bridgehead atoms. The second-order valence-electron chi connectivity index (χ2n) is 6.91. The van der Waals surface area contributed by atoms with Gasteiger partial charge < -0.3 is 15.1 Å². The lowest BCUT2D eigenvalue weighted by molar-refractivity contribution is 0.149. The molecule has 3 nitrogen and oxygen atoms in total. The lowest BCUT2D eigenvalue weighted by Gasteiger charge is -2.35. The molecular weight excluding hydrogens is 246 g/mol. The van der Waals surface area contributed by atoms with Gasteiger partial charge >= 0.3 is 0 Å². The molecule has 0 aromatic rings. The van der Waals surface area contributed by atoms with E-state index in [2.05, 4.69) is 43.1 Å². The van der Waals surface area contributed by atoms with Crippen LogP contribution in [0.15, 0.2) is 0 Å². The molecule has 0 amide bonds. The molecule has 20 heavy (non-hydrogen) atoms. The van der Waals surface area contributed by atoms with Crippen LogP contribution in [0.3, 0.4) is 0 Å². The molecule has 0 radical (unpaired) electrons. The molecule has 120 valence electrons. The van der Waals surface area contributed by atoms with E-state index in [1.807, 2.05) is 0 Å². The lowest BCUT2D eigenvalue weighted by Crippen LogP contribution is -2.43. The molecule has 1 fully saturated rings. The van der Waals surface area contributed by atoms with Crippen molar-refractivity contribution in [1.82, 2.24) is 15.1 Å². The predicted octanol–water partition coefficient (Wildman–Crippen LogP) is 2.82. The van der Waals surface area contributed by atoms with E-state index < -0.39 is 0 Å². The highest BCUT2D eigenvalue weighted by molar-refractivity contribution is 4.89. The second kappa shape index (κ2) is 9.75. The highest BCUT2D eigenvalue weighted by Gasteiger charge is 2.34. The van der Waals surface area contributed by atoms with Gasteiger partial charge in [0.1, 0.15) is 0 Å². The lowest BCUT2D eigenvalue weighted by atomic mass is 9.85. The van der Waals surface area contributed by atoms with E-state index >= 15 is 0 Å². The fourth-order valence-electron chi connectivity index (χ4n) is 3.48. The summed E-state index contributed by atoms with van der Waals surface area (Å²) < 4.78 is 0. The van der Waals surface area contributed by atoms with E-state index in [9.17, 15) is 0 Å². The average Bonchev–Trinajstić information content (AvgIpc) is 2.86. The monoisotopic (exact) mass is 283 g/mol. The van der Waals surface area contributed by atoms with Gasteiger partial charge in [-0.2, -0.15) is 0 Å². The SMILES string of the molecule is CCCNCC1(CN(CC)CCCN(C)C)CCCC1. The fourth-order valence-corrected chi connectivity index (χ4v) is 3.48. The van der Waals surface area contributed by atoms with Crippen molar-refractivity contribution in [3.05, 3.63) is 0 Å². The molecular formula is C17H37N3. The van der Waals surface area contributed by atoms with Gasteiger partial charge in [0.15, 0.2) is 0 Å². The summed E-state index contributed by atoms with van der Waals surface area (Å²) in [6, 6.07) is 0. The Bertz CT molecular complexity index is 234. The van der Waals surface area contributed by atoms with Crippen molar-refractivity contribution in [2.45, 2.75) is 52.4 Å². The van der Waals surface area contributed by atoms with Crippen LogP contribution in [0.4, 0.5) is 0 Å². The Morgan fingerprint density at radius 3 is 2.30 bits per heavy atom. The van der Waals surface area contributed by atoms with E-state index in [1.54, 1.807) is 0 Å². The van der Waals surface area contributed by atoms with Crippen LogP contribution >= 0.6 is 0 Å². The smallest absolute Gasteiger partial charge is 0.00500 e. The van der Waals surface area contributed by atoms with Crippen molar-refractivity contribution in [2.24, 2.45) is 5.41 Å². The summed E-state index contributed by atoms with van der Waals surface area (Å²) in [5, 5.41) is 3.69. The third kappa shape index (κ3) is 6.55. The van der Waals surface area contributed by atoms with E-state index in [-0.39, 0.29) is 0 Å². The average molecular weight is 284 g/mol. The topological polar surface area (TPSA) is 18.5 Å². The zero-order valence-corrected chi connectivity index (χ0v) is 14.4. The van der Waals surface area contributed by atoms with Gasteiger partial charge in [0.2, 0.25) is 0 Å². The molecule has 0 spiro atoms. The molecule has 1 N–H and O–H groups in total. The number of hydrogen-bond acceptors (Lipinski definition) is 3. The normalized spacial score (nSPS) is 18.3. The van der Waals surface area contributed by atoms with E-state index in [0.29, 0.717) is 5.41 Å². The Morgan fingerprint density at radius 2 is 1.75 bits per heavy atom. The Kier molecular flexibility index (Phi) is 8.74. The largest absolute Gasteiger partial charge is 0.316 e. The van der Waals surface area contributed by atoms with Crippen molar-refractivity contribution < 1.29 is 0 Å². The van der Waals surface area contributed by atoms with Crippen LogP contribution in [0, 0.1) is 5.41 Å². The Balaban J connectivity index is 2.40. The molecule has 0 heterocycles. The minimum atomic E-state index is 0.559. The maximum atomic E-state index is 3.69. The number of nitrogens with zero attached hydrogens (tertiary/aromatic N) is 2. The van der Waals surface area contributed by atoms with Crippen LogP contribution in [0.1, 0.15) is 52.4 Å². The highest BCUT2D eigenvalue weighted by atomic mass is 15.1. The molecule has 1 saturated carbocycles. The molecule has 0 aliphatic heterocycles. The van der Waals surface area contributed by atoms with E-state index in [0.717, 1.165) is 0 Å². The van der Waals surface area contributed by atoms with Crippen molar-refractivity contribution in [3.63, 3.8) is 0 Å². The minimum Gasteiger partial charge on any atom is -0.316 e. The van der Waals surface area contributed by atoms with E-state index in [1.165, 1.54) is 77.8 Å². The number of rotatable bonds is 11. The molecule has 0 aromatic carbocycles. The Labute approximate surface area is 127 Å². The third-order valence-electron chi connectivity index (χ3n) is 4.68. The summed E-state index contributed by atoms with van der Waals surface area (Å²) in [6.07, 6.45) is 8.25. The second-order valence-corrected chi connectivity index (χ2v) is 6.91. The van der Waals surface area contributed by atoms with Crippen LogP contribution < -0.4 is 5.32 Å². The predicted molar refractivity (Wildman–Crippen MR) is 89.3 cm³/mol. The molecule has 3 heteroatoms. The summed E-state index contributed by atoms with van der Waals surface area (Å²) >= 11 is 0. The van der Waals surface area contributed by atoms with Crippen molar-refractivity contribution in [1.29, 1.82) is 0 Å². The molecule has 0 unspecified atom stereocenters. The zero-order chi connectivity index (χ0) is 14.8. The maximum Gasteiger partial charge on any atom is 0.00500 e. The van der Waals surface area contributed by atoms with Crippen molar-refractivity contribution >= 4 is 0 Å². The number of nitrogens with one attached hydrogen (secondary N) is 1. The Morgan fingerprint density at radius 1 is 1.05 bits per heavy atom. The third-order valence-corrected chi connectivity index (χ3v) is 4.68. The van der Waals surface area contributed by atoms with Gasteiger partial charge in [-0.05, 0) is 71.4 Å². The molecule has 0 saturated heterocycles. The quantitative estimate of drug-likeness (QED) is 0.588. The molecule has 1 aliphatic carbocycles. The fraction of sp³-hybridized carbons (Fsp3) is 1.00. The van der Waals surface area contributed by atoms with Crippen molar-refractivity contribution in [2.75, 3.05) is 53.4 Å². The molecule has 0 aromatic heterocycles. The first-order valence-corrected chi connectivity index (χ1v) is 8.69. The summed E-state index contributed by atoms with van der Waals surface area (Å²) in [7, 11) is 4.34. The number of hydrogen-bond donors (Lipinski definition) is 1. The summed E-state index contributed by atoms with van der Waals surface area (Å²) in [4.78, 5) is 4.98. The first kappa shape index (κ1) is 17.9. The molecule has 1 rings (SSSR count). The standard InChI is InChI=1S/C17H37N3/c1-5-12-18-15-17(10-7-8-11-17)16-20(6-2)14-9-13-19(3)4/h18H,5-16H2,1-4H3. The van der Waals surface area contributed by atoms with Gasteiger partial charge in [0.25, 0.3) is 0 Å². The molecule has 1 aliphatic rings. The van der Waals surface area contributed by atoms with Gasteiger partial charge in [0.05, 0.1) is 0 Å². The van der Waals surface area contributed by atoms with E-state index in [4.69, 9.17) is 0 Å². The van der Waals surface area contributed by atoms with Crippen LogP contribution in [-0.4, -0.2) is 63.2 Å². The zero-order valence-electron chi connectivity index (χ0n) is 14.4. The summed E-state index contributed by atoms with van der Waals surface area (Å²) in [5.74, 6) is 0. The van der Waals surface area contributed by atoms with Gasteiger partial charge in [-0.15, -0.1) is 0 Å². The summed E-state index contributed by atoms with van der Waals surface area (Å²) in [5.41, 5.74) is 0.559. The summed E-state index contributed by atoms with van der Waals surface area (Å²) in [6.45, 7) is 11.9. The first-order valence-electron chi connectivity index (χ1n) is 8.69. The van der Waals surface area contributed by atoms with Gasteiger partial charge in [-0.3, -0.25) is 0 Å². The Hall–Kier alpha value is -0.120. The van der Waals surface area contributed by atoms with Gasteiger partial charge in [-0.1, -0.05) is 26.7 Å². The van der Waals surface area contributed by atoms with Crippen LogP contribution in [-0.2, 0) is 0 Å². The maximum absolute atomic E-state index is 3.69. The highest BCUT2D eigenvalue weighted by Crippen LogP contribution is 2.38. The first-order chi connectivity index (χ1) is 9.62.